The van der Waals surface area contributed by atoms with Gasteiger partial charge in [-0.15, -0.1) is 0 Å². The molecule has 0 aliphatic rings. The van der Waals surface area contributed by atoms with Gasteiger partial charge in [0, 0.05) is 23.4 Å². The molecule has 0 aliphatic carbocycles. The maximum Gasteiger partial charge on any atom is 0.135 e. The summed E-state index contributed by atoms with van der Waals surface area (Å²) in [6.45, 7) is 8.38. The van der Waals surface area contributed by atoms with Gasteiger partial charge in [-0.05, 0) is 40.5 Å². The molecular formula is C14H16BrN3. The first kappa shape index (κ1) is 13.1. The molecule has 0 saturated carbocycles. The van der Waals surface area contributed by atoms with Crippen LogP contribution in [0.3, 0.4) is 0 Å². The summed E-state index contributed by atoms with van der Waals surface area (Å²) in [5.74, 6) is 0.829. The average molecular weight is 306 g/mol. The highest BCUT2D eigenvalue weighted by Gasteiger charge is 2.19. The van der Waals surface area contributed by atoms with E-state index in [2.05, 4.69) is 58.6 Å². The minimum Gasteiger partial charge on any atom is -0.264 e. The van der Waals surface area contributed by atoms with Crippen LogP contribution in [-0.2, 0) is 5.41 Å². The minimum absolute atomic E-state index is 0.0748. The van der Waals surface area contributed by atoms with Crippen molar-refractivity contribution in [3.05, 3.63) is 40.5 Å². The predicted octanol–water partition coefficient (Wildman–Crippen LogP) is 3.91. The van der Waals surface area contributed by atoms with E-state index in [0.29, 0.717) is 0 Å². The van der Waals surface area contributed by atoms with Crippen LogP contribution in [0.1, 0.15) is 32.2 Å². The van der Waals surface area contributed by atoms with Crippen LogP contribution in [0.2, 0.25) is 0 Å². The summed E-state index contributed by atoms with van der Waals surface area (Å²) in [5, 5.41) is 0. The smallest absolute Gasteiger partial charge is 0.135 e. The van der Waals surface area contributed by atoms with Crippen molar-refractivity contribution in [2.45, 2.75) is 33.1 Å². The van der Waals surface area contributed by atoms with E-state index in [4.69, 9.17) is 0 Å². The number of nitrogens with zero attached hydrogens (tertiary/aromatic N) is 3. The van der Waals surface area contributed by atoms with Gasteiger partial charge in [0.25, 0.3) is 0 Å². The molecule has 0 amide bonds. The number of aromatic nitrogens is 3. The zero-order valence-corrected chi connectivity index (χ0v) is 12.6. The molecule has 0 radical (unpaired) electrons. The van der Waals surface area contributed by atoms with E-state index in [1.807, 2.05) is 18.3 Å². The second kappa shape index (κ2) is 4.76. The van der Waals surface area contributed by atoms with Gasteiger partial charge >= 0.3 is 0 Å². The number of hydrogen-bond acceptors (Lipinski definition) is 3. The van der Waals surface area contributed by atoms with Crippen LogP contribution in [0.4, 0.5) is 0 Å². The maximum atomic E-state index is 4.65. The normalized spacial score (nSPS) is 11.6. The third kappa shape index (κ3) is 2.75. The van der Waals surface area contributed by atoms with Crippen LogP contribution < -0.4 is 0 Å². The molecule has 0 aromatic carbocycles. The van der Waals surface area contributed by atoms with Crippen LogP contribution in [0.15, 0.2) is 29.1 Å². The van der Waals surface area contributed by atoms with Crippen LogP contribution in [0, 0.1) is 6.92 Å². The molecule has 2 aromatic heterocycles. The zero-order chi connectivity index (χ0) is 13.3. The van der Waals surface area contributed by atoms with Gasteiger partial charge in [-0.2, -0.15) is 0 Å². The maximum absolute atomic E-state index is 4.65. The van der Waals surface area contributed by atoms with Gasteiger partial charge in [0.1, 0.15) is 10.4 Å². The van der Waals surface area contributed by atoms with Crippen LogP contribution >= 0.6 is 15.9 Å². The van der Waals surface area contributed by atoms with E-state index in [1.165, 1.54) is 0 Å². The summed E-state index contributed by atoms with van der Waals surface area (Å²) < 4.78 is 0.806. The summed E-state index contributed by atoms with van der Waals surface area (Å²) >= 11 is 3.46. The number of halogens is 1. The number of aryl methyl sites for hydroxylation is 1. The predicted molar refractivity (Wildman–Crippen MR) is 76.4 cm³/mol. The van der Waals surface area contributed by atoms with Crippen molar-refractivity contribution in [3.63, 3.8) is 0 Å². The highest BCUT2D eigenvalue weighted by molar-refractivity contribution is 9.10. The fourth-order valence-corrected chi connectivity index (χ4v) is 2.01. The Morgan fingerprint density at radius 3 is 2.50 bits per heavy atom. The SMILES string of the molecule is Cc1ccncc1-c1cc(Br)nc(C(C)(C)C)n1. The molecule has 0 bridgehead atoms. The lowest BCUT2D eigenvalue weighted by molar-refractivity contribution is 0.544. The van der Waals surface area contributed by atoms with E-state index in [0.717, 1.165) is 27.2 Å². The lowest BCUT2D eigenvalue weighted by Gasteiger charge is -2.18. The largest absolute Gasteiger partial charge is 0.264 e. The third-order valence-corrected chi connectivity index (χ3v) is 3.09. The molecule has 0 unspecified atom stereocenters. The molecule has 0 saturated heterocycles. The number of pyridine rings is 1. The fraction of sp³-hybridized carbons (Fsp3) is 0.357. The molecule has 94 valence electrons. The van der Waals surface area contributed by atoms with Gasteiger partial charge in [0.05, 0.1) is 5.69 Å². The molecular weight excluding hydrogens is 290 g/mol. The van der Waals surface area contributed by atoms with Gasteiger partial charge in [0.2, 0.25) is 0 Å². The molecule has 2 heterocycles. The molecule has 4 heteroatoms. The Kier molecular flexibility index (Phi) is 3.48. The first-order valence-electron chi connectivity index (χ1n) is 5.84. The Morgan fingerprint density at radius 2 is 1.89 bits per heavy atom. The van der Waals surface area contributed by atoms with Crippen molar-refractivity contribution in [1.82, 2.24) is 15.0 Å². The fourth-order valence-electron chi connectivity index (χ4n) is 1.62. The Labute approximate surface area is 116 Å². The molecule has 2 aromatic rings. The summed E-state index contributed by atoms with van der Waals surface area (Å²) in [5.41, 5.74) is 3.04. The van der Waals surface area contributed by atoms with Crippen molar-refractivity contribution in [2.75, 3.05) is 0 Å². The molecule has 0 fully saturated rings. The summed E-state index contributed by atoms with van der Waals surface area (Å²) in [6, 6.07) is 3.92. The summed E-state index contributed by atoms with van der Waals surface area (Å²) in [7, 11) is 0. The Morgan fingerprint density at radius 1 is 1.17 bits per heavy atom. The van der Waals surface area contributed by atoms with Crippen molar-refractivity contribution >= 4 is 15.9 Å². The van der Waals surface area contributed by atoms with Gasteiger partial charge in [-0.1, -0.05) is 20.8 Å². The average Bonchev–Trinajstić information content (AvgIpc) is 2.27. The van der Waals surface area contributed by atoms with Gasteiger partial charge in [0.15, 0.2) is 0 Å². The lowest BCUT2D eigenvalue weighted by Crippen LogP contribution is -2.16. The van der Waals surface area contributed by atoms with Crippen LogP contribution in [0.25, 0.3) is 11.3 Å². The van der Waals surface area contributed by atoms with Crippen molar-refractivity contribution in [1.29, 1.82) is 0 Å². The second-order valence-electron chi connectivity index (χ2n) is 5.34. The first-order chi connectivity index (χ1) is 8.38. The van der Waals surface area contributed by atoms with Gasteiger partial charge < -0.3 is 0 Å². The van der Waals surface area contributed by atoms with E-state index >= 15 is 0 Å². The van der Waals surface area contributed by atoms with Crippen LogP contribution in [-0.4, -0.2) is 15.0 Å². The number of hydrogen-bond donors (Lipinski definition) is 0. The standard InChI is InChI=1S/C14H16BrN3/c1-9-5-6-16-8-10(9)11-7-12(15)18-13(17-11)14(2,3)4/h5-8H,1-4H3. The first-order valence-corrected chi connectivity index (χ1v) is 6.63. The van der Waals surface area contributed by atoms with Crippen molar-refractivity contribution in [3.8, 4) is 11.3 Å². The highest BCUT2D eigenvalue weighted by atomic mass is 79.9. The monoisotopic (exact) mass is 305 g/mol. The molecule has 18 heavy (non-hydrogen) atoms. The van der Waals surface area contributed by atoms with Crippen molar-refractivity contribution in [2.24, 2.45) is 0 Å². The Hall–Kier alpha value is -1.29. The molecule has 0 aliphatic heterocycles. The van der Waals surface area contributed by atoms with E-state index in [9.17, 15) is 0 Å². The molecule has 0 atom stereocenters. The topological polar surface area (TPSA) is 38.7 Å². The lowest BCUT2D eigenvalue weighted by atomic mass is 9.95. The zero-order valence-electron chi connectivity index (χ0n) is 11.0. The minimum atomic E-state index is -0.0748. The highest BCUT2D eigenvalue weighted by Crippen LogP contribution is 2.26. The quantitative estimate of drug-likeness (QED) is 0.750. The van der Waals surface area contributed by atoms with Gasteiger partial charge in [-0.3, -0.25) is 4.98 Å². The van der Waals surface area contributed by atoms with E-state index in [1.54, 1.807) is 6.20 Å². The molecule has 0 N–H and O–H groups in total. The summed E-state index contributed by atoms with van der Waals surface area (Å²) in [4.78, 5) is 13.3. The van der Waals surface area contributed by atoms with E-state index in [-0.39, 0.29) is 5.41 Å². The molecule has 0 spiro atoms. The third-order valence-electron chi connectivity index (χ3n) is 2.68. The Balaban J connectivity index is 2.60. The van der Waals surface area contributed by atoms with Crippen molar-refractivity contribution < 1.29 is 0 Å². The summed E-state index contributed by atoms with van der Waals surface area (Å²) in [6.07, 6.45) is 3.64. The molecule has 2 rings (SSSR count). The van der Waals surface area contributed by atoms with E-state index < -0.39 is 0 Å². The number of rotatable bonds is 1. The molecule has 3 nitrogen and oxygen atoms in total. The van der Waals surface area contributed by atoms with Crippen LogP contribution in [0.5, 0.6) is 0 Å². The second-order valence-corrected chi connectivity index (χ2v) is 6.15. The Bertz CT molecular complexity index is 573. The van der Waals surface area contributed by atoms with Gasteiger partial charge in [-0.25, -0.2) is 9.97 Å².